The van der Waals surface area contributed by atoms with E-state index in [0.717, 1.165) is 18.9 Å². The molecule has 114 valence electrons. The summed E-state index contributed by atoms with van der Waals surface area (Å²) in [4.78, 5) is 22.2. The van der Waals surface area contributed by atoms with Crippen LogP contribution in [0.4, 0.5) is 10.6 Å². The van der Waals surface area contributed by atoms with E-state index in [4.69, 9.17) is 16.3 Å². The number of alkyl carbamates (subject to hydrolysis) is 1. The van der Waals surface area contributed by atoms with Gasteiger partial charge in [-0.2, -0.15) is 0 Å². The molecule has 3 rings (SSSR count). The molecule has 0 radical (unpaired) electrons. The van der Waals surface area contributed by atoms with Crippen LogP contribution in [-0.4, -0.2) is 40.8 Å². The number of carbonyl (C=O) groups excluding carboxylic acids is 1. The zero-order chi connectivity index (χ0) is 15.2. The third-order valence-corrected chi connectivity index (χ3v) is 4.00. The summed E-state index contributed by atoms with van der Waals surface area (Å²) in [6.45, 7) is 7.34. The summed E-state index contributed by atoms with van der Waals surface area (Å²) in [7, 11) is 0. The van der Waals surface area contributed by atoms with E-state index in [0.29, 0.717) is 17.0 Å². The number of carbonyl (C=O) groups is 1. The number of halogens is 1. The number of nitrogens with one attached hydrogen (secondary N) is 1. The van der Waals surface area contributed by atoms with Gasteiger partial charge in [-0.3, -0.25) is 0 Å². The van der Waals surface area contributed by atoms with Gasteiger partial charge in [-0.1, -0.05) is 11.6 Å². The lowest BCUT2D eigenvalue weighted by Gasteiger charge is -2.22. The van der Waals surface area contributed by atoms with Crippen LogP contribution in [0.25, 0.3) is 0 Å². The first-order chi connectivity index (χ1) is 9.83. The third kappa shape index (κ3) is 3.20. The number of rotatable bonds is 2. The van der Waals surface area contributed by atoms with Crippen LogP contribution in [0.15, 0.2) is 12.4 Å². The SMILES string of the molecule is CC(C)(C)OC(=O)NC1[C@H]2CN(c3cnc(Cl)cn3)C[C@@H]12. The summed E-state index contributed by atoms with van der Waals surface area (Å²) in [5.41, 5.74) is -0.459. The number of aromatic nitrogens is 2. The largest absolute Gasteiger partial charge is 0.444 e. The number of anilines is 1. The molecule has 1 saturated heterocycles. The first-order valence-electron chi connectivity index (χ1n) is 7.05. The van der Waals surface area contributed by atoms with E-state index in [1.165, 1.54) is 0 Å². The second-order valence-corrected chi connectivity index (χ2v) is 6.99. The molecular formula is C14H19ClN4O2. The molecule has 0 aromatic carbocycles. The molecule has 3 atom stereocenters. The van der Waals surface area contributed by atoms with Crippen molar-refractivity contribution in [1.29, 1.82) is 0 Å². The third-order valence-electron chi connectivity index (χ3n) is 3.81. The van der Waals surface area contributed by atoms with E-state index in [1.54, 1.807) is 12.4 Å². The van der Waals surface area contributed by atoms with Gasteiger partial charge in [0.1, 0.15) is 16.6 Å². The summed E-state index contributed by atoms with van der Waals surface area (Å²) >= 11 is 5.74. The smallest absolute Gasteiger partial charge is 0.407 e. The van der Waals surface area contributed by atoms with Crippen LogP contribution in [-0.2, 0) is 4.74 Å². The number of hydrogen-bond acceptors (Lipinski definition) is 5. The maximum Gasteiger partial charge on any atom is 0.407 e. The molecule has 7 heteroatoms. The normalized spacial score (nSPS) is 27.2. The first kappa shape index (κ1) is 14.4. The summed E-state index contributed by atoms with van der Waals surface area (Å²) in [5, 5.41) is 3.34. The van der Waals surface area contributed by atoms with E-state index in [9.17, 15) is 4.79 Å². The Labute approximate surface area is 128 Å². The van der Waals surface area contributed by atoms with E-state index in [-0.39, 0.29) is 12.1 Å². The number of amides is 1. The fourth-order valence-electron chi connectivity index (χ4n) is 2.84. The monoisotopic (exact) mass is 310 g/mol. The molecule has 0 bridgehead atoms. The van der Waals surface area contributed by atoms with Gasteiger partial charge in [-0.05, 0) is 20.8 Å². The number of nitrogens with zero attached hydrogens (tertiary/aromatic N) is 3. The Balaban J connectivity index is 1.50. The topological polar surface area (TPSA) is 67.3 Å². The molecule has 6 nitrogen and oxygen atoms in total. The molecule has 1 aromatic rings. The highest BCUT2D eigenvalue weighted by molar-refractivity contribution is 6.29. The Morgan fingerprint density at radius 1 is 1.33 bits per heavy atom. The maximum atomic E-state index is 11.7. The molecule has 1 aliphatic heterocycles. The molecule has 0 spiro atoms. The number of piperidine rings is 1. The van der Waals surface area contributed by atoms with Gasteiger partial charge in [0.2, 0.25) is 0 Å². The predicted molar refractivity (Wildman–Crippen MR) is 79.4 cm³/mol. The van der Waals surface area contributed by atoms with Crippen LogP contribution in [0.1, 0.15) is 20.8 Å². The zero-order valence-electron chi connectivity index (χ0n) is 12.3. The number of ether oxygens (including phenoxy) is 1. The standard InChI is InChI=1S/C14H19ClN4O2/c1-14(2,3)21-13(20)18-12-8-6-19(7-9(8)12)11-5-16-10(15)4-17-11/h4-5,8-9,12H,6-7H2,1-3H3,(H,18,20)/t8-,9+,12?. The zero-order valence-corrected chi connectivity index (χ0v) is 13.1. The minimum Gasteiger partial charge on any atom is -0.444 e. The molecule has 21 heavy (non-hydrogen) atoms. The Kier molecular flexibility index (Phi) is 3.43. The lowest BCUT2D eigenvalue weighted by atomic mass is 10.2. The fraction of sp³-hybridized carbons (Fsp3) is 0.643. The van der Waals surface area contributed by atoms with Crippen LogP contribution in [0.5, 0.6) is 0 Å². The highest BCUT2D eigenvalue weighted by Gasteiger charge is 2.57. The first-order valence-corrected chi connectivity index (χ1v) is 7.43. The molecule has 1 saturated carbocycles. The molecule has 2 aliphatic rings. The van der Waals surface area contributed by atoms with Crippen molar-refractivity contribution in [2.24, 2.45) is 11.8 Å². The molecule has 1 N–H and O–H groups in total. The van der Waals surface area contributed by atoms with Crippen molar-refractivity contribution in [3.8, 4) is 0 Å². The Morgan fingerprint density at radius 3 is 2.52 bits per heavy atom. The lowest BCUT2D eigenvalue weighted by Crippen LogP contribution is -2.38. The van der Waals surface area contributed by atoms with Crippen LogP contribution in [0, 0.1) is 11.8 Å². The molecular weight excluding hydrogens is 292 g/mol. The molecule has 2 heterocycles. The Bertz CT molecular complexity index is 531. The van der Waals surface area contributed by atoms with Gasteiger partial charge in [0.05, 0.1) is 12.4 Å². The maximum absolute atomic E-state index is 11.7. The van der Waals surface area contributed by atoms with Crippen molar-refractivity contribution in [3.63, 3.8) is 0 Å². The van der Waals surface area contributed by atoms with E-state index in [2.05, 4.69) is 20.2 Å². The predicted octanol–water partition coefficient (Wildman–Crippen LogP) is 2.09. The van der Waals surface area contributed by atoms with Gasteiger partial charge in [0.25, 0.3) is 0 Å². The van der Waals surface area contributed by atoms with Gasteiger partial charge in [-0.15, -0.1) is 0 Å². The summed E-state index contributed by atoms with van der Waals surface area (Å²) < 4.78 is 5.28. The molecule has 1 amide bonds. The average Bonchev–Trinajstić information content (AvgIpc) is 2.83. The van der Waals surface area contributed by atoms with E-state index >= 15 is 0 Å². The fourth-order valence-corrected chi connectivity index (χ4v) is 2.94. The van der Waals surface area contributed by atoms with Crippen molar-refractivity contribution in [2.75, 3.05) is 18.0 Å². The van der Waals surface area contributed by atoms with Gasteiger partial charge < -0.3 is 15.0 Å². The van der Waals surface area contributed by atoms with Crippen LogP contribution < -0.4 is 10.2 Å². The van der Waals surface area contributed by atoms with Crippen molar-refractivity contribution in [3.05, 3.63) is 17.5 Å². The highest BCUT2D eigenvalue weighted by Crippen LogP contribution is 2.46. The highest BCUT2D eigenvalue weighted by atomic mass is 35.5. The minimum atomic E-state index is -0.459. The number of fused-ring (bicyclic) bond motifs is 1. The summed E-state index contributed by atoms with van der Waals surface area (Å²) in [5.74, 6) is 1.77. The number of hydrogen-bond donors (Lipinski definition) is 1. The van der Waals surface area contributed by atoms with Gasteiger partial charge >= 0.3 is 6.09 Å². The molecule has 1 unspecified atom stereocenters. The van der Waals surface area contributed by atoms with Crippen LogP contribution in [0.2, 0.25) is 5.15 Å². The van der Waals surface area contributed by atoms with Crippen LogP contribution in [0.3, 0.4) is 0 Å². The van der Waals surface area contributed by atoms with Crippen molar-refractivity contribution in [1.82, 2.24) is 15.3 Å². The van der Waals surface area contributed by atoms with Gasteiger partial charge in [0.15, 0.2) is 0 Å². The van der Waals surface area contributed by atoms with Crippen molar-refractivity contribution >= 4 is 23.5 Å². The van der Waals surface area contributed by atoms with Crippen molar-refractivity contribution < 1.29 is 9.53 Å². The Hall–Kier alpha value is -1.56. The van der Waals surface area contributed by atoms with Crippen LogP contribution >= 0.6 is 11.6 Å². The van der Waals surface area contributed by atoms with Crippen molar-refractivity contribution in [2.45, 2.75) is 32.4 Å². The Morgan fingerprint density at radius 2 is 2.00 bits per heavy atom. The molecule has 1 aromatic heterocycles. The van der Waals surface area contributed by atoms with E-state index in [1.807, 2.05) is 20.8 Å². The average molecular weight is 311 g/mol. The second-order valence-electron chi connectivity index (χ2n) is 6.60. The lowest BCUT2D eigenvalue weighted by molar-refractivity contribution is 0.0518. The molecule has 1 aliphatic carbocycles. The van der Waals surface area contributed by atoms with Gasteiger partial charge in [-0.25, -0.2) is 14.8 Å². The summed E-state index contributed by atoms with van der Waals surface area (Å²) in [6, 6.07) is 0.219. The molecule has 2 fully saturated rings. The van der Waals surface area contributed by atoms with Gasteiger partial charge in [0, 0.05) is 31.0 Å². The quantitative estimate of drug-likeness (QED) is 0.906. The second kappa shape index (κ2) is 5.02. The minimum absolute atomic E-state index is 0.219. The van der Waals surface area contributed by atoms with E-state index < -0.39 is 5.60 Å². The summed E-state index contributed by atoms with van der Waals surface area (Å²) in [6.07, 6.45) is 2.90.